The van der Waals surface area contributed by atoms with Crippen molar-refractivity contribution in [2.75, 3.05) is 6.54 Å². The molecule has 2 aromatic heterocycles. The van der Waals surface area contributed by atoms with E-state index in [9.17, 15) is 4.79 Å². The van der Waals surface area contributed by atoms with Crippen LogP contribution < -0.4 is 0 Å². The van der Waals surface area contributed by atoms with Crippen molar-refractivity contribution in [2.45, 2.75) is 13.0 Å². The van der Waals surface area contributed by atoms with Gasteiger partial charge in [0.25, 0.3) is 0 Å². The molecule has 0 saturated carbocycles. The second-order valence-corrected chi connectivity index (χ2v) is 4.21. The van der Waals surface area contributed by atoms with Gasteiger partial charge in [0.2, 0.25) is 0 Å². The van der Waals surface area contributed by atoms with Crippen LogP contribution in [0, 0.1) is 0 Å². The van der Waals surface area contributed by atoms with Crippen molar-refractivity contribution in [1.82, 2.24) is 19.7 Å². The lowest BCUT2D eigenvalue weighted by atomic mass is 10.1. The van der Waals surface area contributed by atoms with Gasteiger partial charge in [0, 0.05) is 30.9 Å². The highest BCUT2D eigenvalue weighted by Gasteiger charge is 2.22. The zero-order valence-corrected chi connectivity index (χ0v) is 9.65. The molecule has 2 aromatic rings. The van der Waals surface area contributed by atoms with Crippen molar-refractivity contribution in [3.63, 3.8) is 0 Å². The summed E-state index contributed by atoms with van der Waals surface area (Å²) in [7, 11) is 0. The molecule has 6 nitrogen and oxygen atoms in total. The van der Waals surface area contributed by atoms with E-state index in [1.165, 1.54) is 4.90 Å². The summed E-state index contributed by atoms with van der Waals surface area (Å²) in [4.78, 5) is 16.4. The summed E-state index contributed by atoms with van der Waals surface area (Å²) >= 11 is 0. The van der Waals surface area contributed by atoms with Gasteiger partial charge in [-0.25, -0.2) is 9.48 Å². The maximum atomic E-state index is 10.9. The Hall–Kier alpha value is -2.37. The fourth-order valence-corrected chi connectivity index (χ4v) is 2.10. The van der Waals surface area contributed by atoms with Gasteiger partial charge in [-0.2, -0.15) is 5.10 Å². The number of hydrogen-bond acceptors (Lipinski definition) is 3. The molecule has 0 aromatic carbocycles. The monoisotopic (exact) mass is 244 g/mol. The Bertz CT molecular complexity index is 579. The number of rotatable bonds is 1. The van der Waals surface area contributed by atoms with Crippen molar-refractivity contribution < 1.29 is 9.90 Å². The lowest BCUT2D eigenvalue weighted by molar-refractivity contribution is 0.140. The Morgan fingerprint density at radius 3 is 3.06 bits per heavy atom. The number of nitrogens with zero attached hydrogens (tertiary/aromatic N) is 4. The van der Waals surface area contributed by atoms with E-state index in [1.807, 2.05) is 18.3 Å². The Balaban J connectivity index is 1.92. The van der Waals surface area contributed by atoms with Gasteiger partial charge in [-0.3, -0.25) is 4.98 Å². The standard InChI is InChI=1S/C12H12N4O2/c17-12(18)15-5-3-11-9(7-15)8-16(14-11)10-2-1-4-13-6-10/h1-2,4,6,8H,3,5,7H2,(H,17,18). The SMILES string of the molecule is O=C(O)N1CCc2nn(-c3cccnc3)cc2C1. The molecule has 0 unspecified atom stereocenters. The molecule has 0 atom stereocenters. The van der Waals surface area contributed by atoms with Gasteiger partial charge in [-0.1, -0.05) is 0 Å². The van der Waals surface area contributed by atoms with Gasteiger partial charge in [-0.05, 0) is 12.1 Å². The van der Waals surface area contributed by atoms with Crippen LogP contribution >= 0.6 is 0 Å². The van der Waals surface area contributed by atoms with Crippen LogP contribution in [0.3, 0.4) is 0 Å². The molecule has 0 bridgehead atoms. The van der Waals surface area contributed by atoms with E-state index in [4.69, 9.17) is 5.11 Å². The number of fused-ring (bicyclic) bond motifs is 1. The molecule has 3 rings (SSSR count). The van der Waals surface area contributed by atoms with Crippen molar-refractivity contribution in [2.24, 2.45) is 0 Å². The Morgan fingerprint density at radius 1 is 1.44 bits per heavy atom. The van der Waals surface area contributed by atoms with E-state index in [1.54, 1.807) is 17.1 Å². The summed E-state index contributed by atoms with van der Waals surface area (Å²) in [5.74, 6) is 0. The van der Waals surface area contributed by atoms with Gasteiger partial charge in [0.15, 0.2) is 0 Å². The molecule has 0 fully saturated rings. The average molecular weight is 244 g/mol. The summed E-state index contributed by atoms with van der Waals surface area (Å²) in [5.41, 5.74) is 2.82. The number of aromatic nitrogens is 3. The molecule has 18 heavy (non-hydrogen) atoms. The van der Waals surface area contributed by atoms with Gasteiger partial charge < -0.3 is 10.0 Å². The van der Waals surface area contributed by atoms with E-state index >= 15 is 0 Å². The molecular formula is C12H12N4O2. The number of carboxylic acid groups (broad SMARTS) is 1. The largest absolute Gasteiger partial charge is 0.465 e. The van der Waals surface area contributed by atoms with Crippen LogP contribution in [0.5, 0.6) is 0 Å². The van der Waals surface area contributed by atoms with Gasteiger partial charge in [0.1, 0.15) is 0 Å². The molecular weight excluding hydrogens is 232 g/mol. The van der Waals surface area contributed by atoms with Crippen LogP contribution in [0.4, 0.5) is 4.79 Å². The van der Waals surface area contributed by atoms with Crippen LogP contribution in [0.25, 0.3) is 5.69 Å². The summed E-state index contributed by atoms with van der Waals surface area (Å²) in [6.45, 7) is 0.914. The van der Waals surface area contributed by atoms with E-state index < -0.39 is 6.09 Å². The Labute approximate surface area is 103 Å². The molecule has 3 heterocycles. The van der Waals surface area contributed by atoms with E-state index in [0.717, 1.165) is 16.9 Å². The van der Waals surface area contributed by atoms with Crippen LogP contribution in [0.1, 0.15) is 11.3 Å². The third-order valence-corrected chi connectivity index (χ3v) is 3.04. The first kappa shape index (κ1) is 10.8. The molecule has 0 radical (unpaired) electrons. The zero-order valence-electron chi connectivity index (χ0n) is 9.65. The maximum absolute atomic E-state index is 10.9. The first-order valence-corrected chi connectivity index (χ1v) is 5.70. The molecule has 0 spiro atoms. The van der Waals surface area contributed by atoms with E-state index in [2.05, 4.69) is 10.1 Å². The van der Waals surface area contributed by atoms with Gasteiger partial charge in [-0.15, -0.1) is 0 Å². The van der Waals surface area contributed by atoms with Crippen LogP contribution in [-0.2, 0) is 13.0 Å². The van der Waals surface area contributed by atoms with Crippen molar-refractivity contribution in [3.05, 3.63) is 42.0 Å². The third kappa shape index (κ3) is 1.81. The average Bonchev–Trinajstić information content (AvgIpc) is 2.82. The van der Waals surface area contributed by atoms with Crippen LogP contribution in [0.15, 0.2) is 30.7 Å². The highest BCUT2D eigenvalue weighted by molar-refractivity contribution is 5.65. The Kier molecular flexibility index (Phi) is 2.47. The summed E-state index contributed by atoms with van der Waals surface area (Å²) in [6, 6.07) is 3.76. The maximum Gasteiger partial charge on any atom is 0.407 e. The minimum atomic E-state index is -0.880. The normalized spacial score (nSPS) is 14.3. The fourth-order valence-electron chi connectivity index (χ4n) is 2.10. The zero-order chi connectivity index (χ0) is 12.5. The van der Waals surface area contributed by atoms with Gasteiger partial charge >= 0.3 is 6.09 Å². The lowest BCUT2D eigenvalue weighted by Crippen LogP contribution is -2.34. The number of pyridine rings is 1. The Morgan fingerprint density at radius 2 is 2.33 bits per heavy atom. The van der Waals surface area contributed by atoms with Crippen LogP contribution in [0.2, 0.25) is 0 Å². The summed E-state index contributed by atoms with van der Waals surface area (Å²) in [5, 5.41) is 13.4. The van der Waals surface area contributed by atoms with Gasteiger partial charge in [0.05, 0.1) is 24.1 Å². The lowest BCUT2D eigenvalue weighted by Gasteiger charge is -2.22. The number of hydrogen-bond donors (Lipinski definition) is 1. The molecule has 1 N–H and O–H groups in total. The molecule has 0 aliphatic carbocycles. The summed E-state index contributed by atoms with van der Waals surface area (Å²) < 4.78 is 1.75. The predicted molar refractivity (Wildman–Crippen MR) is 63.5 cm³/mol. The highest BCUT2D eigenvalue weighted by Crippen LogP contribution is 2.19. The molecule has 0 saturated heterocycles. The summed E-state index contributed by atoms with van der Waals surface area (Å²) in [6.07, 6.45) is 5.10. The van der Waals surface area contributed by atoms with Crippen molar-refractivity contribution in [3.8, 4) is 5.69 Å². The molecule has 92 valence electrons. The topological polar surface area (TPSA) is 71.2 Å². The molecule has 1 aliphatic heterocycles. The quantitative estimate of drug-likeness (QED) is 0.820. The van der Waals surface area contributed by atoms with Crippen molar-refractivity contribution >= 4 is 6.09 Å². The first-order valence-electron chi connectivity index (χ1n) is 5.70. The first-order chi connectivity index (χ1) is 8.74. The number of amides is 1. The highest BCUT2D eigenvalue weighted by atomic mass is 16.4. The van der Waals surface area contributed by atoms with E-state index in [0.29, 0.717) is 19.5 Å². The van der Waals surface area contributed by atoms with E-state index in [-0.39, 0.29) is 0 Å². The minimum absolute atomic E-state index is 0.408. The minimum Gasteiger partial charge on any atom is -0.465 e. The fraction of sp³-hybridized carbons (Fsp3) is 0.250. The van der Waals surface area contributed by atoms with Crippen molar-refractivity contribution in [1.29, 1.82) is 0 Å². The third-order valence-electron chi connectivity index (χ3n) is 3.04. The second-order valence-electron chi connectivity index (χ2n) is 4.21. The smallest absolute Gasteiger partial charge is 0.407 e. The molecule has 6 heteroatoms. The second kappa shape index (κ2) is 4.14. The van der Waals surface area contributed by atoms with Crippen LogP contribution in [-0.4, -0.2) is 37.4 Å². The number of carbonyl (C=O) groups is 1. The predicted octanol–water partition coefficient (Wildman–Crippen LogP) is 1.30. The molecule has 1 amide bonds. The molecule has 1 aliphatic rings.